The van der Waals surface area contributed by atoms with E-state index in [4.69, 9.17) is 5.73 Å². The molecule has 3 aromatic rings. The van der Waals surface area contributed by atoms with Gasteiger partial charge in [-0.3, -0.25) is 0 Å². The predicted molar refractivity (Wildman–Crippen MR) is 97.7 cm³/mol. The molecule has 6 nitrogen and oxygen atoms in total. The summed E-state index contributed by atoms with van der Waals surface area (Å²) >= 11 is 1.60. The van der Waals surface area contributed by atoms with Crippen molar-refractivity contribution in [1.82, 2.24) is 19.5 Å². The molecule has 0 spiro atoms. The van der Waals surface area contributed by atoms with Gasteiger partial charge < -0.3 is 15.1 Å². The Bertz CT molecular complexity index is 966. The van der Waals surface area contributed by atoms with Gasteiger partial charge in [-0.15, -0.1) is 0 Å². The van der Waals surface area contributed by atoms with Crippen molar-refractivity contribution in [3.05, 3.63) is 35.2 Å². The number of carbonyl (C=O) groups is 1. The molecule has 0 radical (unpaired) electrons. The van der Waals surface area contributed by atoms with Crippen molar-refractivity contribution < 1.29 is 4.79 Å². The predicted octanol–water partition coefficient (Wildman–Crippen LogP) is 2.95. The van der Waals surface area contributed by atoms with Crippen molar-refractivity contribution in [2.45, 2.75) is 49.2 Å². The molecule has 0 saturated heterocycles. The Balaban J connectivity index is 1.78. The van der Waals surface area contributed by atoms with Gasteiger partial charge >= 0.3 is 0 Å². The number of fused-ring (bicyclic) bond motifs is 2. The zero-order valence-corrected chi connectivity index (χ0v) is 14.8. The second-order valence-corrected chi connectivity index (χ2v) is 7.28. The minimum absolute atomic E-state index is 0.363. The first-order chi connectivity index (χ1) is 12.2. The maximum atomic E-state index is 10.9. The minimum Gasteiger partial charge on any atom is -0.382 e. The third-order valence-corrected chi connectivity index (χ3v) is 5.74. The van der Waals surface area contributed by atoms with Gasteiger partial charge in [-0.1, -0.05) is 17.8 Å². The molecule has 0 fully saturated rings. The lowest BCUT2D eigenvalue weighted by molar-refractivity contribution is -0.108. The fourth-order valence-electron chi connectivity index (χ4n) is 3.33. The van der Waals surface area contributed by atoms with Crippen LogP contribution in [0.4, 0.5) is 5.82 Å². The summed E-state index contributed by atoms with van der Waals surface area (Å²) in [7, 11) is 0. The van der Waals surface area contributed by atoms with Crippen LogP contribution in [0.5, 0.6) is 0 Å². The standard InChI is InChI=1S/C18H19N5OS/c1-11-8-12-4-2-5-13(12)9-14(11)25-18-22-15-16(19)20-10-21-17(15)23(18)6-3-7-24/h7-10H,2-6H2,1H3,(H2,19,20,21). The third kappa shape index (κ3) is 2.89. The normalized spacial score (nSPS) is 13.3. The Kier molecular flexibility index (Phi) is 4.17. The molecule has 1 aliphatic rings. The maximum absolute atomic E-state index is 10.9. The largest absolute Gasteiger partial charge is 0.382 e. The number of carbonyl (C=O) groups excluding carboxylic acids is 1. The van der Waals surface area contributed by atoms with Crippen LogP contribution in [-0.4, -0.2) is 25.8 Å². The monoisotopic (exact) mass is 353 g/mol. The van der Waals surface area contributed by atoms with Crippen LogP contribution >= 0.6 is 11.8 Å². The number of benzene rings is 1. The highest BCUT2D eigenvalue weighted by Gasteiger charge is 2.18. The van der Waals surface area contributed by atoms with Crippen LogP contribution in [0.2, 0.25) is 0 Å². The van der Waals surface area contributed by atoms with Gasteiger partial charge in [0.2, 0.25) is 0 Å². The van der Waals surface area contributed by atoms with Gasteiger partial charge in [0.15, 0.2) is 22.1 Å². The fourth-order valence-corrected chi connectivity index (χ4v) is 4.37. The second-order valence-electron chi connectivity index (χ2n) is 6.27. The number of nitrogens with zero attached hydrogens (tertiary/aromatic N) is 4. The fraction of sp³-hybridized carbons (Fsp3) is 0.333. The molecule has 0 bridgehead atoms. The number of aromatic nitrogens is 4. The first-order valence-electron chi connectivity index (χ1n) is 8.38. The number of aldehydes is 1. The number of imidazole rings is 1. The van der Waals surface area contributed by atoms with E-state index in [0.29, 0.717) is 29.9 Å². The molecule has 25 heavy (non-hydrogen) atoms. The Labute approximate surface area is 149 Å². The summed E-state index contributed by atoms with van der Waals surface area (Å²) in [5.41, 5.74) is 11.4. The summed E-state index contributed by atoms with van der Waals surface area (Å²) in [6.07, 6.45) is 6.30. The number of aryl methyl sites for hydroxylation is 4. The van der Waals surface area contributed by atoms with E-state index < -0.39 is 0 Å². The smallest absolute Gasteiger partial charge is 0.175 e. The molecule has 4 rings (SSSR count). The summed E-state index contributed by atoms with van der Waals surface area (Å²) in [6, 6.07) is 4.57. The number of nitrogens with two attached hydrogens (primary N) is 1. The van der Waals surface area contributed by atoms with Crippen LogP contribution in [0, 0.1) is 6.92 Å². The van der Waals surface area contributed by atoms with Gasteiger partial charge in [0.25, 0.3) is 0 Å². The van der Waals surface area contributed by atoms with E-state index in [0.717, 1.165) is 17.9 Å². The van der Waals surface area contributed by atoms with Gasteiger partial charge in [-0.05, 0) is 48.9 Å². The second kappa shape index (κ2) is 6.48. The van der Waals surface area contributed by atoms with Crippen molar-refractivity contribution in [2.75, 3.05) is 5.73 Å². The molecular formula is C18H19N5OS. The van der Waals surface area contributed by atoms with Gasteiger partial charge in [0.05, 0.1) is 0 Å². The highest BCUT2D eigenvalue weighted by Crippen LogP contribution is 2.36. The SMILES string of the molecule is Cc1cc2c(cc1Sc1nc3c(N)ncnc3n1CCC=O)CCC2. The van der Waals surface area contributed by atoms with Crippen molar-refractivity contribution >= 4 is 35.0 Å². The summed E-state index contributed by atoms with van der Waals surface area (Å²) in [6.45, 7) is 2.66. The van der Waals surface area contributed by atoms with Crippen LogP contribution in [0.15, 0.2) is 28.5 Å². The van der Waals surface area contributed by atoms with E-state index >= 15 is 0 Å². The number of nitrogen functional groups attached to an aromatic ring is 1. The van der Waals surface area contributed by atoms with E-state index in [1.165, 1.54) is 40.8 Å². The average molecular weight is 353 g/mol. The van der Waals surface area contributed by atoms with Crippen molar-refractivity contribution in [3.63, 3.8) is 0 Å². The van der Waals surface area contributed by atoms with Crippen molar-refractivity contribution in [1.29, 1.82) is 0 Å². The number of rotatable bonds is 5. The van der Waals surface area contributed by atoms with E-state index in [-0.39, 0.29) is 0 Å². The van der Waals surface area contributed by atoms with E-state index in [1.54, 1.807) is 11.8 Å². The number of hydrogen-bond donors (Lipinski definition) is 1. The molecule has 128 valence electrons. The third-order valence-electron chi connectivity index (χ3n) is 4.59. The first kappa shape index (κ1) is 16.1. The van der Waals surface area contributed by atoms with Gasteiger partial charge in [0.1, 0.15) is 12.6 Å². The molecule has 2 aromatic heterocycles. The molecule has 7 heteroatoms. The quantitative estimate of drug-likeness (QED) is 0.710. The van der Waals surface area contributed by atoms with Crippen molar-refractivity contribution in [2.24, 2.45) is 0 Å². The summed E-state index contributed by atoms with van der Waals surface area (Å²) in [5, 5.41) is 0.796. The summed E-state index contributed by atoms with van der Waals surface area (Å²) in [4.78, 5) is 25.0. The lowest BCUT2D eigenvalue weighted by Crippen LogP contribution is -2.02. The molecule has 2 heterocycles. The van der Waals surface area contributed by atoms with E-state index in [2.05, 4.69) is 34.0 Å². The van der Waals surface area contributed by atoms with Crippen LogP contribution < -0.4 is 5.73 Å². The number of hydrogen-bond acceptors (Lipinski definition) is 6. The van der Waals surface area contributed by atoms with Crippen LogP contribution in [0.25, 0.3) is 11.2 Å². The molecule has 0 aliphatic heterocycles. The zero-order valence-electron chi connectivity index (χ0n) is 14.0. The molecule has 0 unspecified atom stereocenters. The highest BCUT2D eigenvalue weighted by molar-refractivity contribution is 7.99. The zero-order chi connectivity index (χ0) is 17.4. The Morgan fingerprint density at radius 3 is 2.88 bits per heavy atom. The molecule has 0 saturated carbocycles. The van der Waals surface area contributed by atoms with Crippen LogP contribution in [0.1, 0.15) is 29.5 Å². The topological polar surface area (TPSA) is 86.7 Å². The summed E-state index contributed by atoms with van der Waals surface area (Å²) in [5.74, 6) is 0.363. The van der Waals surface area contributed by atoms with E-state index in [9.17, 15) is 4.79 Å². The molecule has 2 N–H and O–H groups in total. The Morgan fingerprint density at radius 1 is 1.28 bits per heavy atom. The lowest BCUT2D eigenvalue weighted by Gasteiger charge is -2.10. The average Bonchev–Trinajstić information content (AvgIpc) is 3.18. The Hall–Kier alpha value is -2.41. The first-order valence-corrected chi connectivity index (χ1v) is 9.19. The van der Waals surface area contributed by atoms with Crippen LogP contribution in [-0.2, 0) is 24.2 Å². The number of anilines is 1. The van der Waals surface area contributed by atoms with Crippen LogP contribution in [0.3, 0.4) is 0 Å². The molecular weight excluding hydrogens is 334 g/mol. The van der Waals surface area contributed by atoms with Gasteiger partial charge in [-0.2, -0.15) is 0 Å². The summed E-state index contributed by atoms with van der Waals surface area (Å²) < 4.78 is 1.96. The lowest BCUT2D eigenvalue weighted by atomic mass is 10.1. The highest BCUT2D eigenvalue weighted by atomic mass is 32.2. The molecule has 1 aliphatic carbocycles. The van der Waals surface area contributed by atoms with Gasteiger partial charge in [-0.25, -0.2) is 15.0 Å². The van der Waals surface area contributed by atoms with Gasteiger partial charge in [0, 0.05) is 17.9 Å². The minimum atomic E-state index is 0.363. The van der Waals surface area contributed by atoms with E-state index in [1.807, 2.05) is 4.57 Å². The Morgan fingerprint density at radius 2 is 2.08 bits per heavy atom. The molecule has 1 aromatic carbocycles. The molecule has 0 amide bonds. The molecule has 0 atom stereocenters. The maximum Gasteiger partial charge on any atom is 0.175 e. The van der Waals surface area contributed by atoms with Crippen molar-refractivity contribution in [3.8, 4) is 0 Å².